The minimum Gasteiger partial charge on any atom is -0.494 e. The van der Waals surface area contributed by atoms with Gasteiger partial charge in [0, 0.05) is 11.4 Å². The summed E-state index contributed by atoms with van der Waals surface area (Å²) in [6.45, 7) is 4.36. The fraction of sp³-hybridized carbons (Fsp3) is 0.231. The van der Waals surface area contributed by atoms with Gasteiger partial charge in [-0.3, -0.25) is 9.89 Å². The van der Waals surface area contributed by atoms with E-state index in [2.05, 4.69) is 15.5 Å². The fourth-order valence-electron chi connectivity index (χ4n) is 1.58. The number of aryl methyl sites for hydroxylation is 1. The number of amides is 1. The summed E-state index contributed by atoms with van der Waals surface area (Å²) in [5.74, 6) is 0.611. The highest BCUT2D eigenvalue weighted by molar-refractivity contribution is 6.04. The van der Waals surface area contributed by atoms with Crippen molar-refractivity contribution in [3.8, 4) is 5.75 Å². The van der Waals surface area contributed by atoms with Crippen LogP contribution in [0.1, 0.15) is 23.0 Å². The van der Waals surface area contributed by atoms with E-state index in [4.69, 9.17) is 4.74 Å². The second-order valence-corrected chi connectivity index (χ2v) is 3.82. The standard InChI is InChI=1S/C13H15N3O2/c1-3-18-11-6-4-10(5-7-11)15-13(17)12-8-14-16-9(12)2/h4-8H,3H2,1-2H3,(H,14,16)(H,15,17). The second-order valence-electron chi connectivity index (χ2n) is 3.82. The van der Waals surface area contributed by atoms with Gasteiger partial charge in [0.1, 0.15) is 5.75 Å². The molecule has 1 aromatic heterocycles. The number of rotatable bonds is 4. The van der Waals surface area contributed by atoms with Gasteiger partial charge in [-0.15, -0.1) is 0 Å². The lowest BCUT2D eigenvalue weighted by atomic mass is 10.2. The summed E-state index contributed by atoms with van der Waals surface area (Å²) in [5, 5.41) is 9.35. The van der Waals surface area contributed by atoms with Crippen LogP contribution in [-0.4, -0.2) is 22.7 Å². The molecule has 0 atom stereocenters. The van der Waals surface area contributed by atoms with Gasteiger partial charge in [-0.1, -0.05) is 0 Å². The molecule has 1 heterocycles. The van der Waals surface area contributed by atoms with E-state index in [1.807, 2.05) is 19.1 Å². The Bertz CT molecular complexity index is 531. The molecule has 1 amide bonds. The van der Waals surface area contributed by atoms with E-state index in [0.29, 0.717) is 12.2 Å². The van der Waals surface area contributed by atoms with Gasteiger partial charge in [0.05, 0.1) is 18.4 Å². The van der Waals surface area contributed by atoms with Gasteiger partial charge in [0.2, 0.25) is 0 Å². The summed E-state index contributed by atoms with van der Waals surface area (Å²) in [6.07, 6.45) is 1.51. The SMILES string of the molecule is CCOc1ccc(NC(=O)c2cn[nH]c2C)cc1. The van der Waals surface area contributed by atoms with Crippen molar-refractivity contribution in [2.45, 2.75) is 13.8 Å². The first-order valence-electron chi connectivity index (χ1n) is 5.75. The topological polar surface area (TPSA) is 67.0 Å². The molecule has 18 heavy (non-hydrogen) atoms. The normalized spacial score (nSPS) is 10.1. The van der Waals surface area contributed by atoms with Gasteiger partial charge >= 0.3 is 0 Å². The van der Waals surface area contributed by atoms with Crippen LogP contribution in [0.15, 0.2) is 30.5 Å². The molecule has 0 saturated heterocycles. The first-order chi connectivity index (χ1) is 8.70. The van der Waals surface area contributed by atoms with Crippen molar-refractivity contribution in [2.24, 2.45) is 0 Å². The van der Waals surface area contributed by atoms with Crippen molar-refractivity contribution in [3.63, 3.8) is 0 Å². The van der Waals surface area contributed by atoms with Gasteiger partial charge in [0.15, 0.2) is 0 Å². The van der Waals surface area contributed by atoms with Crippen LogP contribution in [0.5, 0.6) is 5.75 Å². The van der Waals surface area contributed by atoms with Gasteiger partial charge in [-0.25, -0.2) is 0 Å². The molecule has 5 nitrogen and oxygen atoms in total. The van der Waals surface area contributed by atoms with Crippen molar-refractivity contribution < 1.29 is 9.53 Å². The second kappa shape index (κ2) is 5.35. The average molecular weight is 245 g/mol. The molecule has 0 aliphatic rings. The van der Waals surface area contributed by atoms with Crippen LogP contribution in [0, 0.1) is 6.92 Å². The summed E-state index contributed by atoms with van der Waals surface area (Å²) < 4.78 is 5.33. The zero-order valence-electron chi connectivity index (χ0n) is 10.4. The van der Waals surface area contributed by atoms with E-state index >= 15 is 0 Å². The highest BCUT2D eigenvalue weighted by atomic mass is 16.5. The van der Waals surface area contributed by atoms with Crippen LogP contribution < -0.4 is 10.1 Å². The Kier molecular flexibility index (Phi) is 3.62. The lowest BCUT2D eigenvalue weighted by molar-refractivity contribution is 0.102. The van der Waals surface area contributed by atoms with Crippen molar-refractivity contribution >= 4 is 11.6 Å². The largest absolute Gasteiger partial charge is 0.494 e. The quantitative estimate of drug-likeness (QED) is 0.869. The number of ether oxygens (including phenoxy) is 1. The molecule has 1 aromatic carbocycles. The minimum atomic E-state index is -0.176. The summed E-state index contributed by atoms with van der Waals surface area (Å²) in [7, 11) is 0. The third-order valence-corrected chi connectivity index (χ3v) is 2.50. The molecule has 0 bridgehead atoms. The number of benzene rings is 1. The van der Waals surface area contributed by atoms with Crippen LogP contribution in [0.4, 0.5) is 5.69 Å². The molecule has 2 N–H and O–H groups in total. The Hall–Kier alpha value is -2.30. The lowest BCUT2D eigenvalue weighted by Gasteiger charge is -2.06. The zero-order chi connectivity index (χ0) is 13.0. The Labute approximate surface area is 105 Å². The molecule has 0 aliphatic heterocycles. The van der Waals surface area contributed by atoms with E-state index in [0.717, 1.165) is 17.1 Å². The monoisotopic (exact) mass is 245 g/mol. The average Bonchev–Trinajstić information content (AvgIpc) is 2.78. The maximum absolute atomic E-state index is 11.9. The maximum Gasteiger partial charge on any atom is 0.259 e. The first-order valence-corrected chi connectivity index (χ1v) is 5.75. The van der Waals surface area contributed by atoms with E-state index < -0.39 is 0 Å². The molecule has 0 fully saturated rings. The van der Waals surface area contributed by atoms with Gasteiger partial charge < -0.3 is 10.1 Å². The number of aromatic nitrogens is 2. The molecule has 94 valence electrons. The van der Waals surface area contributed by atoms with E-state index in [1.54, 1.807) is 19.1 Å². The number of carbonyl (C=O) groups is 1. The Balaban J connectivity index is 2.05. The molecular formula is C13H15N3O2. The molecular weight excluding hydrogens is 230 g/mol. The molecule has 0 radical (unpaired) electrons. The number of hydrogen-bond acceptors (Lipinski definition) is 3. The molecule has 2 rings (SSSR count). The predicted molar refractivity (Wildman–Crippen MR) is 68.9 cm³/mol. The van der Waals surface area contributed by atoms with Gasteiger partial charge in [-0.05, 0) is 38.1 Å². The van der Waals surface area contributed by atoms with E-state index in [1.165, 1.54) is 6.20 Å². The van der Waals surface area contributed by atoms with Crippen LogP contribution in [0.3, 0.4) is 0 Å². The zero-order valence-corrected chi connectivity index (χ0v) is 10.4. The number of hydrogen-bond donors (Lipinski definition) is 2. The summed E-state index contributed by atoms with van der Waals surface area (Å²) in [6, 6.07) is 7.25. The van der Waals surface area contributed by atoms with Crippen molar-refractivity contribution in [2.75, 3.05) is 11.9 Å². The summed E-state index contributed by atoms with van der Waals surface area (Å²) in [5.41, 5.74) is 2.02. The number of nitrogens with zero attached hydrogens (tertiary/aromatic N) is 1. The highest BCUT2D eigenvalue weighted by Crippen LogP contribution is 2.16. The molecule has 5 heteroatoms. The lowest BCUT2D eigenvalue weighted by Crippen LogP contribution is -2.12. The molecule has 0 saturated carbocycles. The summed E-state index contributed by atoms with van der Waals surface area (Å²) >= 11 is 0. The van der Waals surface area contributed by atoms with Crippen LogP contribution >= 0.6 is 0 Å². The first kappa shape index (κ1) is 12.2. The minimum absolute atomic E-state index is 0.176. The van der Waals surface area contributed by atoms with Crippen LogP contribution in [0.25, 0.3) is 0 Å². The molecule has 0 unspecified atom stereocenters. The van der Waals surface area contributed by atoms with Crippen LogP contribution in [-0.2, 0) is 0 Å². The third kappa shape index (κ3) is 2.68. The van der Waals surface area contributed by atoms with E-state index in [-0.39, 0.29) is 5.91 Å². The fourth-order valence-corrected chi connectivity index (χ4v) is 1.58. The number of H-pyrrole nitrogens is 1. The predicted octanol–water partition coefficient (Wildman–Crippen LogP) is 2.37. The van der Waals surface area contributed by atoms with Gasteiger partial charge in [-0.2, -0.15) is 5.10 Å². The number of nitrogens with one attached hydrogen (secondary N) is 2. The Morgan fingerprint density at radius 2 is 2.11 bits per heavy atom. The smallest absolute Gasteiger partial charge is 0.259 e. The number of carbonyl (C=O) groups excluding carboxylic acids is 1. The van der Waals surface area contributed by atoms with Crippen molar-refractivity contribution in [1.82, 2.24) is 10.2 Å². The van der Waals surface area contributed by atoms with Crippen molar-refractivity contribution in [3.05, 3.63) is 41.7 Å². The summed E-state index contributed by atoms with van der Waals surface area (Å²) in [4.78, 5) is 11.9. The highest BCUT2D eigenvalue weighted by Gasteiger charge is 2.10. The third-order valence-electron chi connectivity index (χ3n) is 2.50. The molecule has 0 spiro atoms. The van der Waals surface area contributed by atoms with Crippen LogP contribution in [0.2, 0.25) is 0 Å². The van der Waals surface area contributed by atoms with Gasteiger partial charge in [0.25, 0.3) is 5.91 Å². The Morgan fingerprint density at radius 1 is 1.39 bits per heavy atom. The molecule has 0 aliphatic carbocycles. The maximum atomic E-state index is 11.9. The number of aromatic amines is 1. The molecule has 2 aromatic rings. The van der Waals surface area contributed by atoms with Crippen molar-refractivity contribution in [1.29, 1.82) is 0 Å². The number of anilines is 1. The Morgan fingerprint density at radius 3 is 2.67 bits per heavy atom. The van der Waals surface area contributed by atoms with E-state index in [9.17, 15) is 4.79 Å².